The first-order valence-corrected chi connectivity index (χ1v) is 12.5. The zero-order chi connectivity index (χ0) is 22.9. The molecular weight excluding hydrogens is 416 g/mol. The minimum atomic E-state index is -3.24. The largest absolute Gasteiger partial charge is 0.429 e. The van der Waals surface area contributed by atoms with Crippen molar-refractivity contribution >= 4 is 0 Å². The molecule has 0 aromatic heterocycles. The average Bonchev–Trinajstić information content (AvgIpc) is 2.78. The minimum Gasteiger partial charge on any atom is -0.429 e. The number of hydrogen-bond acceptors (Lipinski definition) is 1. The van der Waals surface area contributed by atoms with Gasteiger partial charge in [0.2, 0.25) is 0 Å². The van der Waals surface area contributed by atoms with Crippen LogP contribution in [0.3, 0.4) is 0 Å². The summed E-state index contributed by atoms with van der Waals surface area (Å²) < 4.78 is 56.7. The van der Waals surface area contributed by atoms with Gasteiger partial charge in [-0.25, -0.2) is 8.78 Å². The predicted octanol–water partition coefficient (Wildman–Crippen LogP) is 9.17. The predicted molar refractivity (Wildman–Crippen MR) is 121 cm³/mol. The number of unbranched alkanes of at least 4 members (excludes halogenated alkanes) is 1. The Balaban J connectivity index is 1.37. The van der Waals surface area contributed by atoms with Gasteiger partial charge in [0, 0.05) is 0 Å². The smallest absolute Gasteiger partial charge is 0.387 e. The van der Waals surface area contributed by atoms with Crippen molar-refractivity contribution in [2.75, 3.05) is 0 Å². The Hall–Kier alpha value is -1.52. The van der Waals surface area contributed by atoms with Crippen LogP contribution in [0.15, 0.2) is 24.3 Å². The number of benzene rings is 1. The normalized spacial score (nSPS) is 26.7. The van der Waals surface area contributed by atoms with Gasteiger partial charge in [-0.15, -0.1) is 0 Å². The molecule has 0 spiro atoms. The van der Waals surface area contributed by atoms with Crippen molar-refractivity contribution in [1.82, 2.24) is 0 Å². The molecule has 0 N–H and O–H groups in total. The lowest BCUT2D eigenvalue weighted by Crippen LogP contribution is -2.18. The van der Waals surface area contributed by atoms with Gasteiger partial charge in [-0.1, -0.05) is 57.1 Å². The molecule has 1 aromatic rings. The van der Waals surface area contributed by atoms with Crippen LogP contribution in [0.2, 0.25) is 0 Å². The minimum absolute atomic E-state index is 0.0915. The van der Waals surface area contributed by atoms with Crippen LogP contribution in [0.1, 0.15) is 102 Å². The summed E-state index contributed by atoms with van der Waals surface area (Å²) in [6.07, 6.45) is 20.3. The molecule has 1 aromatic carbocycles. The van der Waals surface area contributed by atoms with Crippen molar-refractivity contribution in [3.63, 3.8) is 0 Å². The lowest BCUT2D eigenvalue weighted by atomic mass is 9.74. The highest BCUT2D eigenvalue weighted by molar-refractivity contribution is 5.33. The highest BCUT2D eigenvalue weighted by Crippen LogP contribution is 2.41. The van der Waals surface area contributed by atoms with E-state index in [1.54, 1.807) is 0 Å². The van der Waals surface area contributed by atoms with Crippen LogP contribution in [0.5, 0.6) is 5.75 Å². The first kappa shape index (κ1) is 25.1. The van der Waals surface area contributed by atoms with Crippen molar-refractivity contribution in [1.29, 1.82) is 0 Å². The first-order chi connectivity index (χ1) is 15.5. The van der Waals surface area contributed by atoms with Crippen LogP contribution < -0.4 is 4.74 Å². The second-order valence-electron chi connectivity index (χ2n) is 9.87. The molecule has 2 aliphatic rings. The molecule has 0 radical (unpaired) electrons. The Morgan fingerprint density at radius 1 is 0.844 bits per heavy atom. The third kappa shape index (κ3) is 7.52. The van der Waals surface area contributed by atoms with E-state index in [1.807, 2.05) is 0 Å². The summed E-state index contributed by atoms with van der Waals surface area (Å²) in [5.74, 6) is -0.491. The molecule has 0 heterocycles. The number of alkyl halides is 2. The molecule has 2 aliphatic carbocycles. The Morgan fingerprint density at radius 3 is 1.84 bits per heavy atom. The van der Waals surface area contributed by atoms with Crippen molar-refractivity contribution in [2.24, 2.45) is 17.8 Å². The molecule has 0 unspecified atom stereocenters. The molecule has 0 bridgehead atoms. The van der Waals surface area contributed by atoms with Gasteiger partial charge in [-0.05, 0) is 86.8 Å². The fourth-order valence-electron chi connectivity index (χ4n) is 5.77. The Kier molecular flexibility index (Phi) is 9.92. The highest BCUT2D eigenvalue weighted by atomic mass is 19.3. The van der Waals surface area contributed by atoms with E-state index in [4.69, 9.17) is 0 Å². The molecule has 180 valence electrons. The molecule has 0 saturated heterocycles. The van der Waals surface area contributed by atoms with E-state index in [0.717, 1.165) is 37.5 Å². The second kappa shape index (κ2) is 12.6. The molecule has 0 atom stereocenters. The number of hydrogen-bond donors (Lipinski definition) is 0. The maximum Gasteiger partial charge on any atom is 0.387 e. The standard InChI is InChI=1S/C27H38F4O/c1-2-3-4-5-6-19-7-9-20(10-8-19)11-12-21-13-15-22(16-14-21)23-17-24(28)26(25(29)18-23)32-27(30)31/h2-3,17-22,27H,4-16H2,1H3/b3-2+/t19-,20-,21-,22-. The number of allylic oxidation sites excluding steroid dienone is 2. The van der Waals surface area contributed by atoms with Crippen molar-refractivity contribution in [3.8, 4) is 5.75 Å². The van der Waals surface area contributed by atoms with Gasteiger partial charge in [-0.3, -0.25) is 0 Å². The average molecular weight is 455 g/mol. The Morgan fingerprint density at radius 2 is 1.34 bits per heavy atom. The maximum absolute atomic E-state index is 14.1. The van der Waals surface area contributed by atoms with E-state index in [1.165, 1.54) is 69.9 Å². The molecule has 2 fully saturated rings. The molecule has 1 nitrogen and oxygen atoms in total. The fourth-order valence-corrected chi connectivity index (χ4v) is 5.77. The lowest BCUT2D eigenvalue weighted by Gasteiger charge is -2.32. The Bertz CT molecular complexity index is 693. The van der Waals surface area contributed by atoms with E-state index in [2.05, 4.69) is 23.8 Å². The van der Waals surface area contributed by atoms with Crippen LogP contribution >= 0.6 is 0 Å². The van der Waals surface area contributed by atoms with Gasteiger partial charge in [-0.2, -0.15) is 8.78 Å². The molecule has 0 aliphatic heterocycles. The molecule has 3 rings (SSSR count). The van der Waals surface area contributed by atoms with E-state index < -0.39 is 24.0 Å². The van der Waals surface area contributed by atoms with Gasteiger partial charge in [0.1, 0.15) is 0 Å². The van der Waals surface area contributed by atoms with E-state index in [-0.39, 0.29) is 5.92 Å². The first-order valence-electron chi connectivity index (χ1n) is 12.5. The van der Waals surface area contributed by atoms with Crippen LogP contribution in [0, 0.1) is 29.4 Å². The van der Waals surface area contributed by atoms with Crippen molar-refractivity contribution in [2.45, 2.75) is 103 Å². The van der Waals surface area contributed by atoms with Gasteiger partial charge in [0.05, 0.1) is 0 Å². The number of rotatable bonds is 10. The maximum atomic E-state index is 14.1. The van der Waals surface area contributed by atoms with Crippen molar-refractivity contribution < 1.29 is 22.3 Å². The van der Waals surface area contributed by atoms with Crippen LogP contribution in [-0.2, 0) is 0 Å². The number of ether oxygens (including phenoxy) is 1. The summed E-state index contributed by atoms with van der Waals surface area (Å²) in [6.45, 7) is -1.15. The van der Waals surface area contributed by atoms with Gasteiger partial charge in [0.25, 0.3) is 0 Å². The van der Waals surface area contributed by atoms with E-state index in [0.29, 0.717) is 11.5 Å². The zero-order valence-corrected chi connectivity index (χ0v) is 19.3. The summed E-state index contributed by atoms with van der Waals surface area (Å²) in [7, 11) is 0. The topological polar surface area (TPSA) is 9.23 Å². The molecule has 0 amide bonds. The summed E-state index contributed by atoms with van der Waals surface area (Å²) in [6, 6.07) is 2.34. The Labute approximate surface area is 190 Å². The summed E-state index contributed by atoms with van der Waals surface area (Å²) in [5.41, 5.74) is 0.563. The highest BCUT2D eigenvalue weighted by Gasteiger charge is 2.27. The molecule has 5 heteroatoms. The fraction of sp³-hybridized carbons (Fsp3) is 0.704. The van der Waals surface area contributed by atoms with Gasteiger partial charge >= 0.3 is 6.61 Å². The monoisotopic (exact) mass is 454 g/mol. The van der Waals surface area contributed by atoms with E-state index >= 15 is 0 Å². The quantitative estimate of drug-likeness (QED) is 0.194. The summed E-state index contributed by atoms with van der Waals surface area (Å²) in [4.78, 5) is 0. The van der Waals surface area contributed by atoms with Crippen LogP contribution in [-0.4, -0.2) is 6.61 Å². The number of halogens is 4. The third-order valence-corrected chi connectivity index (χ3v) is 7.71. The lowest BCUT2D eigenvalue weighted by molar-refractivity contribution is -0.0546. The van der Waals surface area contributed by atoms with Gasteiger partial charge < -0.3 is 4.74 Å². The zero-order valence-electron chi connectivity index (χ0n) is 19.3. The van der Waals surface area contributed by atoms with Gasteiger partial charge in [0.15, 0.2) is 17.4 Å². The van der Waals surface area contributed by atoms with Crippen LogP contribution in [0.25, 0.3) is 0 Å². The molecular formula is C27H38F4O. The third-order valence-electron chi connectivity index (χ3n) is 7.71. The van der Waals surface area contributed by atoms with Crippen molar-refractivity contribution in [3.05, 3.63) is 41.5 Å². The molecule has 32 heavy (non-hydrogen) atoms. The second-order valence-corrected chi connectivity index (χ2v) is 9.87. The molecule has 2 saturated carbocycles. The summed E-state index contributed by atoms with van der Waals surface area (Å²) in [5, 5.41) is 0. The van der Waals surface area contributed by atoms with E-state index in [9.17, 15) is 17.6 Å². The van der Waals surface area contributed by atoms with Crippen LogP contribution in [0.4, 0.5) is 17.6 Å². The SMILES string of the molecule is C/C=C/CCC[C@H]1CC[C@H](CC[C@H]2CC[C@H](c3cc(F)c(OC(F)F)c(F)c3)CC2)CC1. The summed E-state index contributed by atoms with van der Waals surface area (Å²) >= 11 is 0.